The van der Waals surface area contributed by atoms with E-state index in [1.807, 2.05) is 5.48 Å². The van der Waals surface area contributed by atoms with Crippen LogP contribution in [0, 0.1) is 11.7 Å². The van der Waals surface area contributed by atoms with E-state index in [9.17, 15) is 14.3 Å². The number of hydrogen-bond acceptors (Lipinski definition) is 11. The smallest absolute Gasteiger partial charge is 0.229 e. The molecule has 1 fully saturated rings. The molecule has 0 spiro atoms. The van der Waals surface area contributed by atoms with Crippen LogP contribution in [0.5, 0.6) is 5.75 Å². The van der Waals surface area contributed by atoms with Gasteiger partial charge in [-0.3, -0.25) is 4.79 Å². The predicted octanol–water partition coefficient (Wildman–Crippen LogP) is 3.47. The van der Waals surface area contributed by atoms with Crippen molar-refractivity contribution in [3.8, 4) is 5.75 Å². The molecule has 1 aromatic heterocycles. The van der Waals surface area contributed by atoms with Crippen molar-refractivity contribution >= 4 is 34.7 Å². The molecule has 2 atom stereocenters. The van der Waals surface area contributed by atoms with E-state index in [0.717, 1.165) is 25.7 Å². The maximum atomic E-state index is 14.6. The highest BCUT2D eigenvalue weighted by atomic mass is 19.1. The van der Waals surface area contributed by atoms with Crippen molar-refractivity contribution in [2.24, 2.45) is 5.92 Å². The summed E-state index contributed by atoms with van der Waals surface area (Å²) in [5.74, 6) is 0.0147. The number of carbonyl (C=O) groups excluding carboxylic acids is 1. The van der Waals surface area contributed by atoms with Gasteiger partial charge in [-0.2, -0.15) is 10.5 Å². The van der Waals surface area contributed by atoms with Crippen LogP contribution in [0.15, 0.2) is 54.7 Å². The van der Waals surface area contributed by atoms with Crippen molar-refractivity contribution in [3.63, 3.8) is 0 Å². The molecule has 13 heteroatoms. The summed E-state index contributed by atoms with van der Waals surface area (Å²) in [5.41, 5.74) is 3.65. The SMILES string of the molecule is COCCOc1ccc(Nc2ncc(F)c(Nc3cccc(NC(=O)C4CCN(CCCC(O)NO)C4)c3)n2)cc1. The average molecular weight is 570 g/mol. The molecule has 1 saturated heterocycles. The highest BCUT2D eigenvalue weighted by molar-refractivity contribution is 5.93. The number of likely N-dealkylation sites (tertiary alicyclic amines) is 1. The van der Waals surface area contributed by atoms with Gasteiger partial charge in [0.2, 0.25) is 11.9 Å². The molecule has 6 N–H and O–H groups in total. The standard InChI is InChI=1S/C28H36FN7O5/c1-40-14-15-41-23-9-7-20(8-10-23)33-28-30-17-24(29)26(34-28)31-21-4-2-5-22(16-21)32-27(38)19-11-13-36(18-19)12-3-6-25(37)35-39/h2,4-5,7-10,16-17,19,25,35,37,39H,3,6,11-15,18H2,1H3,(H,32,38)(H2,30,31,33,34). The van der Waals surface area contributed by atoms with Crippen LogP contribution in [0.25, 0.3) is 0 Å². The van der Waals surface area contributed by atoms with Gasteiger partial charge < -0.3 is 40.6 Å². The van der Waals surface area contributed by atoms with Gasteiger partial charge in [0.1, 0.15) is 18.6 Å². The number of anilines is 5. The lowest BCUT2D eigenvalue weighted by Gasteiger charge is -2.17. The van der Waals surface area contributed by atoms with E-state index in [1.165, 1.54) is 0 Å². The molecule has 1 aliphatic rings. The van der Waals surface area contributed by atoms with Crippen LogP contribution in [0.3, 0.4) is 0 Å². The topological polar surface area (TPSA) is 153 Å². The maximum absolute atomic E-state index is 14.6. The van der Waals surface area contributed by atoms with Gasteiger partial charge in [-0.1, -0.05) is 6.07 Å². The van der Waals surface area contributed by atoms with E-state index < -0.39 is 12.0 Å². The number of aliphatic hydroxyl groups is 1. The second-order valence-corrected chi connectivity index (χ2v) is 9.65. The lowest BCUT2D eigenvalue weighted by atomic mass is 10.1. The van der Waals surface area contributed by atoms with Gasteiger partial charge in [-0.15, -0.1) is 0 Å². The molecular formula is C28H36FN7O5. The average Bonchev–Trinajstić information content (AvgIpc) is 3.45. The number of amides is 1. The first-order valence-corrected chi connectivity index (χ1v) is 13.4. The largest absolute Gasteiger partial charge is 0.491 e. The molecule has 3 aromatic rings. The molecule has 0 saturated carbocycles. The van der Waals surface area contributed by atoms with E-state index in [4.69, 9.17) is 14.7 Å². The zero-order valence-corrected chi connectivity index (χ0v) is 22.8. The second kappa shape index (κ2) is 15.2. The Morgan fingerprint density at radius 3 is 2.73 bits per heavy atom. The van der Waals surface area contributed by atoms with Crippen LogP contribution in [-0.4, -0.2) is 77.3 Å². The van der Waals surface area contributed by atoms with Gasteiger partial charge >= 0.3 is 0 Å². The fourth-order valence-corrected chi connectivity index (χ4v) is 4.40. The second-order valence-electron chi connectivity index (χ2n) is 9.65. The van der Waals surface area contributed by atoms with Gasteiger partial charge in [-0.05, 0) is 74.8 Å². The first-order chi connectivity index (χ1) is 19.9. The molecule has 4 rings (SSSR count). The van der Waals surface area contributed by atoms with E-state index in [-0.39, 0.29) is 23.6 Å². The Morgan fingerprint density at radius 2 is 1.95 bits per heavy atom. The summed E-state index contributed by atoms with van der Waals surface area (Å²) in [5, 5.41) is 27.0. The molecule has 2 heterocycles. The van der Waals surface area contributed by atoms with E-state index in [2.05, 4.69) is 30.8 Å². The number of nitrogens with one attached hydrogen (secondary N) is 4. The van der Waals surface area contributed by atoms with E-state index >= 15 is 0 Å². The van der Waals surface area contributed by atoms with Crippen LogP contribution in [0.4, 0.5) is 33.2 Å². The van der Waals surface area contributed by atoms with Crippen molar-refractivity contribution < 1.29 is 29.0 Å². The summed E-state index contributed by atoms with van der Waals surface area (Å²) >= 11 is 0. The highest BCUT2D eigenvalue weighted by Crippen LogP contribution is 2.25. The van der Waals surface area contributed by atoms with Gasteiger partial charge in [0.05, 0.1) is 18.7 Å². The van der Waals surface area contributed by atoms with Crippen molar-refractivity contribution in [2.45, 2.75) is 25.5 Å². The van der Waals surface area contributed by atoms with Crippen LogP contribution >= 0.6 is 0 Å². The van der Waals surface area contributed by atoms with Gasteiger partial charge in [-0.25, -0.2) is 9.37 Å². The number of nitrogens with zero attached hydrogens (tertiary/aromatic N) is 3. The van der Waals surface area contributed by atoms with Crippen LogP contribution in [-0.2, 0) is 9.53 Å². The Bertz CT molecular complexity index is 1270. The minimum absolute atomic E-state index is 0.0153. The van der Waals surface area contributed by atoms with E-state index in [1.54, 1.807) is 55.6 Å². The third-order valence-corrected chi connectivity index (χ3v) is 6.55. The summed E-state index contributed by atoms with van der Waals surface area (Å²) in [6.07, 6.45) is 1.99. The molecule has 0 aliphatic carbocycles. The quantitative estimate of drug-likeness (QED) is 0.0906. The summed E-state index contributed by atoms with van der Waals surface area (Å²) in [6.45, 7) is 3.08. The molecule has 0 radical (unpaired) electrons. The molecule has 1 aliphatic heterocycles. The molecular weight excluding hydrogens is 533 g/mol. The number of ether oxygens (including phenoxy) is 2. The lowest BCUT2D eigenvalue weighted by molar-refractivity contribution is -0.119. The first kappa shape index (κ1) is 30.1. The molecule has 2 aromatic carbocycles. The number of aromatic nitrogens is 2. The van der Waals surface area contributed by atoms with Crippen LogP contribution < -0.4 is 26.2 Å². The number of hydrogen-bond donors (Lipinski definition) is 6. The number of hydroxylamine groups is 1. The molecule has 2 unspecified atom stereocenters. The zero-order chi connectivity index (χ0) is 29.0. The van der Waals surface area contributed by atoms with Crippen LogP contribution in [0.1, 0.15) is 19.3 Å². The monoisotopic (exact) mass is 569 g/mol. The maximum Gasteiger partial charge on any atom is 0.229 e. The molecule has 12 nitrogen and oxygen atoms in total. The van der Waals surface area contributed by atoms with Crippen molar-refractivity contribution in [3.05, 3.63) is 60.5 Å². The van der Waals surface area contributed by atoms with Crippen molar-refractivity contribution in [2.75, 3.05) is 55.9 Å². The van der Waals surface area contributed by atoms with Crippen molar-refractivity contribution in [1.82, 2.24) is 20.3 Å². The lowest BCUT2D eigenvalue weighted by Crippen LogP contribution is -2.29. The normalized spacial score (nSPS) is 15.9. The number of halogens is 1. The predicted molar refractivity (Wildman–Crippen MR) is 152 cm³/mol. The molecule has 41 heavy (non-hydrogen) atoms. The third kappa shape index (κ3) is 9.33. The number of aliphatic hydroxyl groups excluding tert-OH is 1. The Balaban J connectivity index is 1.31. The fraction of sp³-hybridized carbons (Fsp3) is 0.393. The summed E-state index contributed by atoms with van der Waals surface area (Å²) in [4.78, 5) is 23.3. The van der Waals surface area contributed by atoms with Gasteiger partial charge in [0.25, 0.3) is 0 Å². The summed E-state index contributed by atoms with van der Waals surface area (Å²) < 4.78 is 25.1. The minimum atomic E-state index is -0.944. The molecule has 220 valence electrons. The third-order valence-electron chi connectivity index (χ3n) is 6.55. The minimum Gasteiger partial charge on any atom is -0.491 e. The Morgan fingerprint density at radius 1 is 1.15 bits per heavy atom. The summed E-state index contributed by atoms with van der Waals surface area (Å²) in [7, 11) is 1.61. The summed E-state index contributed by atoms with van der Waals surface area (Å²) in [6, 6.07) is 14.2. The van der Waals surface area contributed by atoms with Crippen LogP contribution in [0.2, 0.25) is 0 Å². The number of benzene rings is 2. The number of rotatable bonds is 15. The number of carbonyl (C=O) groups is 1. The zero-order valence-electron chi connectivity index (χ0n) is 22.8. The fourth-order valence-electron chi connectivity index (χ4n) is 4.40. The van der Waals surface area contributed by atoms with E-state index in [0.29, 0.717) is 55.4 Å². The molecule has 1 amide bonds. The Labute approximate surface area is 237 Å². The molecule has 0 bridgehead atoms. The first-order valence-electron chi connectivity index (χ1n) is 13.4. The Hall–Kier alpha value is -3.88. The number of methoxy groups -OCH3 is 1. The highest BCUT2D eigenvalue weighted by Gasteiger charge is 2.28. The van der Waals surface area contributed by atoms with Crippen molar-refractivity contribution in [1.29, 1.82) is 0 Å². The van der Waals surface area contributed by atoms with Gasteiger partial charge in [0.15, 0.2) is 11.6 Å². The van der Waals surface area contributed by atoms with Gasteiger partial charge in [0, 0.05) is 30.7 Å². The Kier molecular flexibility index (Phi) is 11.2.